The number of likely N-dealkylation sites (N-methyl/N-ethyl adjacent to an activating group) is 2. The molecule has 2 aromatic rings. The van der Waals surface area contributed by atoms with Crippen molar-refractivity contribution in [2.24, 2.45) is 5.73 Å². The Morgan fingerprint density at radius 1 is 1.24 bits per heavy atom. The summed E-state index contributed by atoms with van der Waals surface area (Å²) < 4.78 is 6.18. The molecule has 1 aliphatic heterocycles. The maximum atomic E-state index is 11.1. The third-order valence-corrected chi connectivity index (χ3v) is 4.51. The molecule has 1 heterocycles. The molecule has 132 valence electrons. The average molecular weight is 339 g/mol. The first-order valence-corrected chi connectivity index (χ1v) is 8.64. The van der Waals surface area contributed by atoms with Gasteiger partial charge in [-0.3, -0.25) is 9.69 Å². The van der Waals surface area contributed by atoms with Gasteiger partial charge in [-0.1, -0.05) is 24.3 Å². The zero-order valence-corrected chi connectivity index (χ0v) is 14.8. The smallest absolute Gasteiger partial charge is 0.248 e. The zero-order valence-electron chi connectivity index (χ0n) is 14.8. The third-order valence-electron chi connectivity index (χ3n) is 4.51. The van der Waals surface area contributed by atoms with E-state index in [1.807, 2.05) is 30.3 Å². The van der Waals surface area contributed by atoms with Crippen LogP contribution in [-0.2, 0) is 6.54 Å². The molecule has 0 saturated carbocycles. The van der Waals surface area contributed by atoms with Crippen molar-refractivity contribution in [1.29, 1.82) is 0 Å². The fraction of sp³-hybridized carbons (Fsp3) is 0.350. The van der Waals surface area contributed by atoms with Crippen molar-refractivity contribution in [3.8, 4) is 5.75 Å². The predicted molar refractivity (Wildman–Crippen MR) is 100 cm³/mol. The van der Waals surface area contributed by atoms with Gasteiger partial charge in [-0.25, -0.2) is 0 Å². The van der Waals surface area contributed by atoms with Crippen LogP contribution in [0.2, 0.25) is 0 Å². The number of hydrogen-bond donors (Lipinski definition) is 1. The lowest BCUT2D eigenvalue weighted by Gasteiger charge is -2.37. The van der Waals surface area contributed by atoms with Crippen LogP contribution in [0, 0.1) is 0 Å². The number of nitrogens with zero attached hydrogens (tertiary/aromatic N) is 2. The van der Waals surface area contributed by atoms with E-state index in [0.717, 1.165) is 37.5 Å². The molecule has 3 rings (SSSR count). The highest BCUT2D eigenvalue weighted by Crippen LogP contribution is 2.32. The molecule has 0 bridgehead atoms. The molecule has 1 atom stereocenters. The average Bonchev–Trinajstić information content (AvgIpc) is 2.61. The van der Waals surface area contributed by atoms with Crippen LogP contribution < -0.4 is 15.4 Å². The van der Waals surface area contributed by atoms with Gasteiger partial charge in [0.15, 0.2) is 0 Å². The largest absolute Gasteiger partial charge is 0.485 e. The van der Waals surface area contributed by atoms with Crippen LogP contribution in [0.4, 0.5) is 5.69 Å². The summed E-state index contributed by atoms with van der Waals surface area (Å²) in [5, 5.41) is 0. The molecule has 5 heteroatoms. The number of hydrogen-bond acceptors (Lipinski definition) is 4. The van der Waals surface area contributed by atoms with Gasteiger partial charge in [0.2, 0.25) is 5.91 Å². The topological polar surface area (TPSA) is 58.8 Å². The molecule has 2 aromatic carbocycles. The van der Waals surface area contributed by atoms with Crippen LogP contribution in [0.25, 0.3) is 0 Å². The second kappa shape index (κ2) is 7.57. The molecule has 1 aliphatic rings. The second-order valence-corrected chi connectivity index (χ2v) is 6.50. The summed E-state index contributed by atoms with van der Waals surface area (Å²) in [6.45, 7) is 5.66. The molecular weight excluding hydrogens is 314 g/mol. The molecule has 5 nitrogen and oxygen atoms in total. The number of anilines is 1. The van der Waals surface area contributed by atoms with Gasteiger partial charge in [0.25, 0.3) is 0 Å². The summed E-state index contributed by atoms with van der Waals surface area (Å²) in [4.78, 5) is 15.7. The number of para-hydroxylation sites is 2. The maximum Gasteiger partial charge on any atom is 0.248 e. The van der Waals surface area contributed by atoms with E-state index >= 15 is 0 Å². The highest BCUT2D eigenvalue weighted by atomic mass is 16.5. The molecule has 1 amide bonds. The van der Waals surface area contributed by atoms with Crippen molar-refractivity contribution >= 4 is 11.6 Å². The van der Waals surface area contributed by atoms with E-state index < -0.39 is 5.91 Å². The van der Waals surface area contributed by atoms with Crippen molar-refractivity contribution in [3.63, 3.8) is 0 Å². The Morgan fingerprint density at radius 3 is 2.64 bits per heavy atom. The summed E-state index contributed by atoms with van der Waals surface area (Å²) in [7, 11) is 2.09. The fourth-order valence-corrected chi connectivity index (χ4v) is 3.27. The zero-order chi connectivity index (χ0) is 17.8. The van der Waals surface area contributed by atoms with Crippen molar-refractivity contribution < 1.29 is 9.53 Å². The maximum absolute atomic E-state index is 11.1. The van der Waals surface area contributed by atoms with E-state index in [1.54, 1.807) is 12.1 Å². The number of amides is 1. The lowest BCUT2D eigenvalue weighted by atomic mass is 10.1. The van der Waals surface area contributed by atoms with Gasteiger partial charge in [0.1, 0.15) is 11.9 Å². The monoisotopic (exact) mass is 339 g/mol. The third kappa shape index (κ3) is 4.12. The molecule has 25 heavy (non-hydrogen) atoms. The lowest BCUT2D eigenvalue weighted by Crippen LogP contribution is -2.45. The van der Waals surface area contributed by atoms with Gasteiger partial charge in [-0.15, -0.1) is 0 Å². The van der Waals surface area contributed by atoms with E-state index in [9.17, 15) is 4.79 Å². The van der Waals surface area contributed by atoms with Gasteiger partial charge in [0.05, 0.1) is 12.2 Å². The van der Waals surface area contributed by atoms with E-state index in [1.165, 1.54) is 5.69 Å². The molecule has 0 fully saturated rings. The van der Waals surface area contributed by atoms with E-state index in [-0.39, 0.29) is 6.10 Å². The summed E-state index contributed by atoms with van der Waals surface area (Å²) in [5.41, 5.74) is 8.14. The van der Waals surface area contributed by atoms with Crippen LogP contribution in [-0.4, -0.2) is 43.6 Å². The first-order valence-electron chi connectivity index (χ1n) is 8.64. The normalized spacial score (nSPS) is 16.4. The molecule has 0 saturated heterocycles. The summed E-state index contributed by atoms with van der Waals surface area (Å²) in [5.74, 6) is 0.564. The fourth-order valence-electron chi connectivity index (χ4n) is 3.27. The summed E-state index contributed by atoms with van der Waals surface area (Å²) >= 11 is 0. The van der Waals surface area contributed by atoms with Gasteiger partial charge < -0.3 is 15.4 Å². The number of benzene rings is 2. The van der Waals surface area contributed by atoms with Crippen molar-refractivity contribution in [3.05, 3.63) is 59.7 Å². The Morgan fingerprint density at radius 2 is 1.96 bits per heavy atom. The van der Waals surface area contributed by atoms with Crippen LogP contribution in [0.3, 0.4) is 0 Å². The minimum atomic E-state index is -0.395. The minimum Gasteiger partial charge on any atom is -0.485 e. The Kier molecular flexibility index (Phi) is 5.24. The molecule has 2 N–H and O–H groups in total. The molecule has 0 radical (unpaired) electrons. The van der Waals surface area contributed by atoms with Gasteiger partial charge in [-0.2, -0.15) is 0 Å². The molecule has 0 aromatic heterocycles. The standard InChI is InChI=1S/C20H25N3O2/c1-3-23-14-17(25-19-7-5-4-6-18(19)23)13-22(2)12-15-8-10-16(11-9-15)20(21)24/h4-11,17H,3,12-14H2,1-2H3,(H2,21,24)/t17-/m1/s1. The highest BCUT2D eigenvalue weighted by Gasteiger charge is 2.25. The number of primary amides is 1. The van der Waals surface area contributed by atoms with Gasteiger partial charge in [-0.05, 0) is 43.8 Å². The molecule has 0 aliphatic carbocycles. The van der Waals surface area contributed by atoms with E-state index in [2.05, 4.69) is 29.8 Å². The minimum absolute atomic E-state index is 0.129. The molecular formula is C20H25N3O2. The number of nitrogens with two attached hydrogens (primary N) is 1. The Balaban J connectivity index is 1.61. The number of rotatable bonds is 6. The second-order valence-electron chi connectivity index (χ2n) is 6.50. The highest BCUT2D eigenvalue weighted by molar-refractivity contribution is 5.92. The van der Waals surface area contributed by atoms with E-state index in [4.69, 9.17) is 10.5 Å². The quantitative estimate of drug-likeness (QED) is 0.878. The summed E-state index contributed by atoms with van der Waals surface area (Å²) in [6.07, 6.45) is 0.129. The predicted octanol–water partition coefficient (Wildman–Crippen LogP) is 2.50. The van der Waals surface area contributed by atoms with E-state index in [0.29, 0.717) is 5.56 Å². The molecule has 0 spiro atoms. The van der Waals surface area contributed by atoms with Gasteiger partial charge >= 0.3 is 0 Å². The Labute approximate surface area is 149 Å². The first kappa shape index (κ1) is 17.3. The van der Waals surface area contributed by atoms with Gasteiger partial charge in [0, 0.05) is 25.2 Å². The SMILES string of the molecule is CCN1C[C@@H](CN(C)Cc2ccc(C(N)=O)cc2)Oc2ccccc21. The number of carbonyl (C=O) groups is 1. The Bertz CT molecular complexity index is 730. The Hall–Kier alpha value is -2.53. The van der Waals surface area contributed by atoms with Crippen molar-refractivity contribution in [2.75, 3.05) is 31.6 Å². The van der Waals surface area contributed by atoms with Crippen LogP contribution in [0.15, 0.2) is 48.5 Å². The van der Waals surface area contributed by atoms with Crippen LogP contribution in [0.1, 0.15) is 22.8 Å². The van der Waals surface area contributed by atoms with Crippen molar-refractivity contribution in [2.45, 2.75) is 19.6 Å². The number of carbonyl (C=O) groups excluding carboxylic acids is 1. The molecule has 0 unspecified atom stereocenters. The van der Waals surface area contributed by atoms with Crippen molar-refractivity contribution in [1.82, 2.24) is 4.90 Å². The number of ether oxygens (including phenoxy) is 1. The first-order chi connectivity index (χ1) is 12.1. The van der Waals surface area contributed by atoms with Crippen LogP contribution in [0.5, 0.6) is 5.75 Å². The lowest BCUT2D eigenvalue weighted by molar-refractivity contribution is 0.100. The van der Waals surface area contributed by atoms with Crippen LogP contribution >= 0.6 is 0 Å². The number of fused-ring (bicyclic) bond motifs is 1. The summed E-state index contributed by atoms with van der Waals surface area (Å²) in [6, 6.07) is 15.7.